The number of halogens is 3. The number of alkyl halides is 3. The molecule has 1 fully saturated rings. The van der Waals surface area contributed by atoms with Gasteiger partial charge in [0.1, 0.15) is 0 Å². The SMILES string of the molecule is CC(N)C1CCN(C(=O)CCC(F)(F)F)CC1. The topological polar surface area (TPSA) is 46.3 Å². The van der Waals surface area contributed by atoms with Crippen molar-refractivity contribution in [3.8, 4) is 0 Å². The number of amides is 1. The Morgan fingerprint density at radius 3 is 2.35 bits per heavy atom. The fourth-order valence-electron chi connectivity index (χ4n) is 2.08. The lowest BCUT2D eigenvalue weighted by Crippen LogP contribution is -2.42. The van der Waals surface area contributed by atoms with Gasteiger partial charge < -0.3 is 10.6 Å². The highest BCUT2D eigenvalue weighted by molar-refractivity contribution is 5.76. The maximum Gasteiger partial charge on any atom is 0.389 e. The van der Waals surface area contributed by atoms with Gasteiger partial charge in [-0.3, -0.25) is 4.79 Å². The van der Waals surface area contributed by atoms with Gasteiger partial charge in [0.15, 0.2) is 0 Å². The summed E-state index contributed by atoms with van der Waals surface area (Å²) in [6, 6.07) is 0.0856. The average molecular weight is 252 g/mol. The van der Waals surface area contributed by atoms with E-state index in [-0.39, 0.29) is 6.04 Å². The lowest BCUT2D eigenvalue weighted by atomic mass is 9.91. The van der Waals surface area contributed by atoms with Crippen molar-refractivity contribution in [2.75, 3.05) is 13.1 Å². The van der Waals surface area contributed by atoms with E-state index < -0.39 is 24.9 Å². The van der Waals surface area contributed by atoms with Crippen LogP contribution in [-0.4, -0.2) is 36.1 Å². The second kappa shape index (κ2) is 5.71. The predicted octanol–water partition coefficient (Wildman–Crippen LogP) is 1.91. The first kappa shape index (κ1) is 14.3. The molecule has 1 atom stereocenters. The molecule has 17 heavy (non-hydrogen) atoms. The zero-order valence-electron chi connectivity index (χ0n) is 9.96. The van der Waals surface area contributed by atoms with Crippen molar-refractivity contribution in [1.82, 2.24) is 4.90 Å². The number of rotatable bonds is 3. The first-order chi connectivity index (χ1) is 7.79. The highest BCUT2D eigenvalue weighted by Crippen LogP contribution is 2.24. The molecule has 1 saturated heterocycles. The number of piperidine rings is 1. The van der Waals surface area contributed by atoms with Gasteiger partial charge in [0, 0.05) is 25.6 Å². The van der Waals surface area contributed by atoms with Gasteiger partial charge in [0.25, 0.3) is 0 Å². The number of nitrogens with zero attached hydrogens (tertiary/aromatic N) is 1. The Balaban J connectivity index is 2.31. The van der Waals surface area contributed by atoms with E-state index in [9.17, 15) is 18.0 Å². The maximum absolute atomic E-state index is 12.0. The van der Waals surface area contributed by atoms with Gasteiger partial charge in [0.2, 0.25) is 5.91 Å². The Bertz CT molecular complexity index is 258. The van der Waals surface area contributed by atoms with Crippen LogP contribution in [0.5, 0.6) is 0 Å². The molecule has 0 bridgehead atoms. The van der Waals surface area contributed by atoms with E-state index in [0.717, 1.165) is 12.8 Å². The van der Waals surface area contributed by atoms with Gasteiger partial charge in [-0.15, -0.1) is 0 Å². The lowest BCUT2D eigenvalue weighted by molar-refractivity contribution is -0.149. The molecule has 0 saturated carbocycles. The van der Waals surface area contributed by atoms with Crippen LogP contribution in [0.4, 0.5) is 13.2 Å². The third-order valence-electron chi connectivity index (χ3n) is 3.26. The molecule has 0 radical (unpaired) electrons. The van der Waals surface area contributed by atoms with E-state index in [1.54, 1.807) is 0 Å². The maximum atomic E-state index is 12.0. The summed E-state index contributed by atoms with van der Waals surface area (Å²) >= 11 is 0. The van der Waals surface area contributed by atoms with E-state index in [1.807, 2.05) is 6.92 Å². The number of likely N-dealkylation sites (tertiary alicyclic amines) is 1. The molecule has 6 heteroatoms. The van der Waals surface area contributed by atoms with Gasteiger partial charge in [-0.25, -0.2) is 0 Å². The van der Waals surface area contributed by atoms with Crippen LogP contribution in [0.15, 0.2) is 0 Å². The molecule has 0 aliphatic carbocycles. The van der Waals surface area contributed by atoms with E-state index in [0.29, 0.717) is 19.0 Å². The van der Waals surface area contributed by atoms with Crippen LogP contribution in [0.1, 0.15) is 32.6 Å². The summed E-state index contributed by atoms with van der Waals surface area (Å²) in [6.45, 7) is 2.98. The summed E-state index contributed by atoms with van der Waals surface area (Å²) in [7, 11) is 0. The zero-order valence-corrected chi connectivity index (χ0v) is 9.96. The minimum atomic E-state index is -4.25. The highest BCUT2D eigenvalue weighted by atomic mass is 19.4. The number of nitrogens with two attached hydrogens (primary N) is 1. The van der Waals surface area contributed by atoms with Crippen molar-refractivity contribution in [1.29, 1.82) is 0 Å². The van der Waals surface area contributed by atoms with Gasteiger partial charge in [-0.05, 0) is 25.7 Å². The summed E-state index contributed by atoms with van der Waals surface area (Å²) in [5.74, 6) is -0.0212. The monoisotopic (exact) mass is 252 g/mol. The van der Waals surface area contributed by atoms with Crippen LogP contribution in [-0.2, 0) is 4.79 Å². The Morgan fingerprint density at radius 2 is 1.94 bits per heavy atom. The van der Waals surface area contributed by atoms with Crippen LogP contribution in [0.25, 0.3) is 0 Å². The van der Waals surface area contributed by atoms with Crippen molar-refractivity contribution in [2.24, 2.45) is 11.7 Å². The van der Waals surface area contributed by atoms with Crippen molar-refractivity contribution in [2.45, 2.75) is 44.8 Å². The Morgan fingerprint density at radius 1 is 1.41 bits per heavy atom. The fourth-order valence-corrected chi connectivity index (χ4v) is 2.08. The second-order valence-electron chi connectivity index (χ2n) is 4.69. The van der Waals surface area contributed by atoms with E-state index >= 15 is 0 Å². The summed E-state index contributed by atoms with van der Waals surface area (Å²) in [6.07, 6.45) is -4.14. The van der Waals surface area contributed by atoms with E-state index in [4.69, 9.17) is 5.73 Å². The molecule has 2 N–H and O–H groups in total. The molecule has 0 aromatic carbocycles. The molecule has 0 aromatic heterocycles. The van der Waals surface area contributed by atoms with Gasteiger partial charge in [-0.2, -0.15) is 13.2 Å². The molecule has 1 aliphatic rings. The average Bonchev–Trinajstić information content (AvgIpc) is 2.25. The standard InChI is InChI=1S/C11H19F3N2O/c1-8(15)9-3-6-16(7-4-9)10(17)2-5-11(12,13)14/h8-9H,2-7,15H2,1H3. The lowest BCUT2D eigenvalue weighted by Gasteiger charge is -2.33. The van der Waals surface area contributed by atoms with Crippen LogP contribution < -0.4 is 5.73 Å². The van der Waals surface area contributed by atoms with Crippen LogP contribution in [0.3, 0.4) is 0 Å². The van der Waals surface area contributed by atoms with Crippen molar-refractivity contribution < 1.29 is 18.0 Å². The Kier molecular flexibility index (Phi) is 4.80. The van der Waals surface area contributed by atoms with Crippen molar-refractivity contribution in [3.63, 3.8) is 0 Å². The zero-order chi connectivity index (χ0) is 13.1. The molecule has 1 rings (SSSR count). The number of carbonyl (C=O) groups excluding carboxylic acids is 1. The quantitative estimate of drug-likeness (QED) is 0.834. The fraction of sp³-hybridized carbons (Fsp3) is 0.909. The first-order valence-corrected chi connectivity index (χ1v) is 5.89. The van der Waals surface area contributed by atoms with Crippen LogP contribution in [0, 0.1) is 5.92 Å². The molecule has 1 unspecified atom stereocenters. The minimum Gasteiger partial charge on any atom is -0.343 e. The third kappa shape index (κ3) is 4.93. The van der Waals surface area contributed by atoms with Crippen molar-refractivity contribution >= 4 is 5.91 Å². The van der Waals surface area contributed by atoms with E-state index in [1.165, 1.54) is 4.90 Å². The van der Waals surface area contributed by atoms with Gasteiger partial charge >= 0.3 is 6.18 Å². The second-order valence-corrected chi connectivity index (χ2v) is 4.69. The summed E-state index contributed by atoms with van der Waals surface area (Å²) in [5, 5.41) is 0. The molecule has 1 aliphatic heterocycles. The summed E-state index contributed by atoms with van der Waals surface area (Å²) in [5.41, 5.74) is 5.75. The molecule has 0 spiro atoms. The van der Waals surface area contributed by atoms with Gasteiger partial charge in [-0.1, -0.05) is 0 Å². The minimum absolute atomic E-state index is 0.0856. The smallest absolute Gasteiger partial charge is 0.343 e. The van der Waals surface area contributed by atoms with Crippen LogP contribution >= 0.6 is 0 Å². The van der Waals surface area contributed by atoms with E-state index in [2.05, 4.69) is 0 Å². The highest BCUT2D eigenvalue weighted by Gasteiger charge is 2.30. The van der Waals surface area contributed by atoms with Crippen molar-refractivity contribution in [3.05, 3.63) is 0 Å². The summed E-state index contributed by atoms with van der Waals surface area (Å²) < 4.78 is 35.9. The molecule has 0 aromatic rings. The third-order valence-corrected chi connectivity index (χ3v) is 3.26. The number of carbonyl (C=O) groups is 1. The first-order valence-electron chi connectivity index (χ1n) is 5.89. The number of hydrogen-bond donors (Lipinski definition) is 1. The molecule has 3 nitrogen and oxygen atoms in total. The normalized spacial score (nSPS) is 20.4. The largest absolute Gasteiger partial charge is 0.389 e. The van der Waals surface area contributed by atoms with Gasteiger partial charge in [0.05, 0.1) is 6.42 Å². The van der Waals surface area contributed by atoms with Crippen LogP contribution in [0.2, 0.25) is 0 Å². The molecule has 1 heterocycles. The Hall–Kier alpha value is -0.780. The summed E-state index contributed by atoms with van der Waals surface area (Å²) in [4.78, 5) is 13.0. The number of hydrogen-bond acceptors (Lipinski definition) is 2. The molecule has 100 valence electrons. The Labute approximate surface area is 99.1 Å². The molecular formula is C11H19F3N2O. The molecular weight excluding hydrogens is 233 g/mol. The molecule has 1 amide bonds. The predicted molar refractivity (Wildman–Crippen MR) is 58.2 cm³/mol.